The minimum Gasteiger partial charge on any atom is -0.393 e. The van der Waals surface area contributed by atoms with Crippen LogP contribution in [-0.2, 0) is 19.9 Å². The highest BCUT2D eigenvalue weighted by Crippen LogP contribution is 2.19. The van der Waals surface area contributed by atoms with Crippen molar-refractivity contribution in [1.29, 1.82) is 0 Å². The second-order valence-corrected chi connectivity index (χ2v) is 3.17. The van der Waals surface area contributed by atoms with Gasteiger partial charge in [0.25, 0.3) is 0 Å². The van der Waals surface area contributed by atoms with E-state index in [2.05, 4.69) is 5.10 Å². The molecule has 3 heteroatoms. The number of aliphatic hydroxyl groups is 1. The van der Waals surface area contributed by atoms with Crippen LogP contribution in [0.4, 0.5) is 0 Å². The maximum Gasteiger partial charge on any atom is 0.0658 e. The fraction of sp³-hybridized carbons (Fsp3) is 0.625. The van der Waals surface area contributed by atoms with Crippen molar-refractivity contribution in [2.45, 2.75) is 25.4 Å². The molecule has 3 nitrogen and oxygen atoms in total. The van der Waals surface area contributed by atoms with E-state index in [0.29, 0.717) is 0 Å². The summed E-state index contributed by atoms with van der Waals surface area (Å²) in [4.78, 5) is 0. The molecule has 0 saturated carbocycles. The van der Waals surface area contributed by atoms with Crippen LogP contribution in [0.25, 0.3) is 0 Å². The normalized spacial score (nSPS) is 23.3. The molecule has 1 aromatic heterocycles. The van der Waals surface area contributed by atoms with E-state index in [9.17, 15) is 5.11 Å². The minimum atomic E-state index is -0.147. The molecule has 1 N–H and O–H groups in total. The van der Waals surface area contributed by atoms with E-state index in [-0.39, 0.29) is 6.10 Å². The third kappa shape index (κ3) is 1.16. The molecule has 0 spiro atoms. The van der Waals surface area contributed by atoms with Gasteiger partial charge in [0.05, 0.1) is 11.8 Å². The van der Waals surface area contributed by atoms with E-state index in [1.807, 2.05) is 17.9 Å². The molecular weight excluding hydrogens is 140 g/mol. The highest BCUT2D eigenvalue weighted by atomic mass is 16.3. The molecule has 1 heterocycles. The van der Waals surface area contributed by atoms with Crippen molar-refractivity contribution in [1.82, 2.24) is 9.78 Å². The predicted molar refractivity (Wildman–Crippen MR) is 41.2 cm³/mol. The van der Waals surface area contributed by atoms with Crippen molar-refractivity contribution in [3.8, 4) is 0 Å². The van der Waals surface area contributed by atoms with Crippen molar-refractivity contribution < 1.29 is 5.11 Å². The lowest BCUT2D eigenvalue weighted by molar-refractivity contribution is 0.158. The summed E-state index contributed by atoms with van der Waals surface area (Å²) in [6.45, 7) is 0. The number of aliphatic hydroxyl groups excluding tert-OH is 1. The third-order valence-electron chi connectivity index (χ3n) is 2.16. The van der Waals surface area contributed by atoms with E-state index < -0.39 is 0 Å². The first-order valence-electron chi connectivity index (χ1n) is 3.95. The third-order valence-corrected chi connectivity index (χ3v) is 2.16. The summed E-state index contributed by atoms with van der Waals surface area (Å²) in [5, 5.41) is 13.6. The highest BCUT2D eigenvalue weighted by Gasteiger charge is 2.18. The summed E-state index contributed by atoms with van der Waals surface area (Å²) in [5.74, 6) is 0. The number of rotatable bonds is 0. The summed E-state index contributed by atoms with van der Waals surface area (Å²) in [6.07, 6.45) is 4.43. The smallest absolute Gasteiger partial charge is 0.0658 e. The fourth-order valence-corrected chi connectivity index (χ4v) is 1.62. The van der Waals surface area contributed by atoms with Gasteiger partial charge in [0.15, 0.2) is 0 Å². The second kappa shape index (κ2) is 2.34. The Balaban J connectivity index is 2.34. The van der Waals surface area contributed by atoms with Crippen LogP contribution in [0.15, 0.2) is 6.20 Å². The predicted octanol–water partition coefficient (Wildman–Crippen LogP) is 0.270. The molecule has 1 unspecified atom stereocenters. The Morgan fingerprint density at radius 2 is 2.55 bits per heavy atom. The van der Waals surface area contributed by atoms with Gasteiger partial charge in [0, 0.05) is 19.7 Å². The van der Waals surface area contributed by atoms with Gasteiger partial charge in [-0.05, 0) is 18.4 Å². The average molecular weight is 152 g/mol. The topological polar surface area (TPSA) is 38.0 Å². The quantitative estimate of drug-likeness (QED) is 0.579. The van der Waals surface area contributed by atoms with E-state index >= 15 is 0 Å². The van der Waals surface area contributed by atoms with Crippen molar-refractivity contribution in [2.24, 2.45) is 7.05 Å². The van der Waals surface area contributed by atoms with Gasteiger partial charge in [-0.2, -0.15) is 5.10 Å². The van der Waals surface area contributed by atoms with Gasteiger partial charge in [0.1, 0.15) is 0 Å². The molecule has 1 aliphatic carbocycles. The van der Waals surface area contributed by atoms with Gasteiger partial charge in [-0.15, -0.1) is 0 Å². The zero-order valence-electron chi connectivity index (χ0n) is 6.62. The molecule has 0 saturated heterocycles. The van der Waals surface area contributed by atoms with Crippen LogP contribution in [0.5, 0.6) is 0 Å². The number of aromatic nitrogens is 2. The summed E-state index contributed by atoms with van der Waals surface area (Å²) in [6, 6.07) is 0. The van der Waals surface area contributed by atoms with Gasteiger partial charge < -0.3 is 5.11 Å². The van der Waals surface area contributed by atoms with Gasteiger partial charge in [0.2, 0.25) is 0 Å². The second-order valence-electron chi connectivity index (χ2n) is 3.17. The molecular formula is C8H12N2O. The average Bonchev–Trinajstić information content (AvgIpc) is 2.27. The first kappa shape index (κ1) is 6.85. The van der Waals surface area contributed by atoms with Gasteiger partial charge >= 0.3 is 0 Å². The Morgan fingerprint density at radius 3 is 3.36 bits per heavy atom. The van der Waals surface area contributed by atoms with E-state index in [1.54, 1.807) is 0 Å². The highest BCUT2D eigenvalue weighted by molar-refractivity contribution is 5.20. The number of aryl methyl sites for hydroxylation is 2. The Labute approximate surface area is 65.7 Å². The Kier molecular flexibility index (Phi) is 1.46. The summed E-state index contributed by atoms with van der Waals surface area (Å²) in [7, 11) is 1.92. The van der Waals surface area contributed by atoms with Crippen LogP contribution in [0.1, 0.15) is 17.7 Å². The minimum absolute atomic E-state index is 0.147. The van der Waals surface area contributed by atoms with Crippen LogP contribution in [0, 0.1) is 0 Å². The van der Waals surface area contributed by atoms with E-state index in [1.165, 1.54) is 5.56 Å². The van der Waals surface area contributed by atoms with E-state index in [0.717, 1.165) is 25.0 Å². The molecule has 11 heavy (non-hydrogen) atoms. The maximum atomic E-state index is 9.33. The Hall–Kier alpha value is -0.830. The van der Waals surface area contributed by atoms with Crippen LogP contribution in [0.2, 0.25) is 0 Å². The lowest BCUT2D eigenvalue weighted by Gasteiger charge is -2.14. The molecule has 60 valence electrons. The zero-order valence-corrected chi connectivity index (χ0v) is 6.62. The standard InChI is InChI=1S/C8H12N2O/c1-10-5-6-4-7(11)2-3-8(6)9-10/h5,7,11H,2-4H2,1H3. The lowest BCUT2D eigenvalue weighted by Crippen LogP contribution is -2.17. The Morgan fingerprint density at radius 1 is 1.73 bits per heavy atom. The van der Waals surface area contributed by atoms with Crippen molar-refractivity contribution in [3.63, 3.8) is 0 Å². The first-order valence-corrected chi connectivity index (χ1v) is 3.95. The monoisotopic (exact) mass is 152 g/mol. The van der Waals surface area contributed by atoms with Crippen LogP contribution in [-0.4, -0.2) is 21.0 Å². The number of fused-ring (bicyclic) bond motifs is 1. The maximum absolute atomic E-state index is 9.33. The van der Waals surface area contributed by atoms with Crippen molar-refractivity contribution in [3.05, 3.63) is 17.5 Å². The summed E-state index contributed by atoms with van der Waals surface area (Å²) in [5.41, 5.74) is 2.38. The number of nitrogens with zero attached hydrogens (tertiary/aromatic N) is 2. The molecule has 0 amide bonds. The van der Waals surface area contributed by atoms with Crippen LogP contribution < -0.4 is 0 Å². The largest absolute Gasteiger partial charge is 0.393 e. The molecule has 2 rings (SSSR count). The van der Waals surface area contributed by atoms with Gasteiger partial charge in [-0.1, -0.05) is 0 Å². The van der Waals surface area contributed by atoms with Gasteiger partial charge in [-0.25, -0.2) is 0 Å². The molecule has 0 aromatic carbocycles. The fourth-order valence-electron chi connectivity index (χ4n) is 1.62. The van der Waals surface area contributed by atoms with Crippen LogP contribution >= 0.6 is 0 Å². The Bertz CT molecular complexity index is 267. The van der Waals surface area contributed by atoms with Crippen molar-refractivity contribution >= 4 is 0 Å². The molecule has 0 bridgehead atoms. The molecule has 1 aliphatic rings. The molecule has 0 radical (unpaired) electrons. The van der Waals surface area contributed by atoms with E-state index in [4.69, 9.17) is 0 Å². The SMILES string of the molecule is Cn1cc2c(n1)CCC(O)C2. The molecule has 1 atom stereocenters. The summed E-state index contributed by atoms with van der Waals surface area (Å²) < 4.78 is 1.82. The van der Waals surface area contributed by atoms with Crippen molar-refractivity contribution in [2.75, 3.05) is 0 Å². The molecule has 1 aromatic rings. The number of hydrogen-bond acceptors (Lipinski definition) is 2. The van der Waals surface area contributed by atoms with Gasteiger partial charge in [-0.3, -0.25) is 4.68 Å². The lowest BCUT2D eigenvalue weighted by atomic mass is 9.96. The number of hydrogen-bond donors (Lipinski definition) is 1. The first-order chi connectivity index (χ1) is 5.25. The molecule has 0 aliphatic heterocycles. The molecule has 0 fully saturated rings. The summed E-state index contributed by atoms with van der Waals surface area (Å²) >= 11 is 0. The van der Waals surface area contributed by atoms with Crippen LogP contribution in [0.3, 0.4) is 0 Å². The zero-order chi connectivity index (χ0) is 7.84.